The lowest BCUT2D eigenvalue weighted by atomic mass is 9.97. The molecule has 1 aromatic rings. The molecular weight excluding hydrogens is 328 g/mol. The molecule has 0 spiro atoms. The van der Waals surface area contributed by atoms with Gasteiger partial charge in [-0.3, -0.25) is 4.90 Å². The maximum atomic E-state index is 5.72. The van der Waals surface area contributed by atoms with Gasteiger partial charge in [-0.05, 0) is 56.6 Å². The summed E-state index contributed by atoms with van der Waals surface area (Å²) in [5, 5.41) is 0. The van der Waals surface area contributed by atoms with Gasteiger partial charge in [-0.1, -0.05) is 15.9 Å². The van der Waals surface area contributed by atoms with Crippen LogP contribution in [0, 0.1) is 5.92 Å². The lowest BCUT2D eigenvalue weighted by Gasteiger charge is -2.31. The van der Waals surface area contributed by atoms with Crippen LogP contribution in [-0.2, 0) is 6.54 Å². The van der Waals surface area contributed by atoms with Crippen molar-refractivity contribution in [3.05, 3.63) is 28.2 Å². The van der Waals surface area contributed by atoms with Crippen LogP contribution in [0.15, 0.2) is 22.7 Å². The zero-order valence-corrected chi connectivity index (χ0v) is 13.7. The molecule has 108 valence electrons. The monoisotopic (exact) mass is 348 g/mol. The minimum absolute atomic E-state index is 0. The second kappa shape index (κ2) is 8.10. The van der Waals surface area contributed by atoms with Gasteiger partial charge >= 0.3 is 0 Å². The lowest BCUT2D eigenvalue weighted by Crippen LogP contribution is -2.35. The van der Waals surface area contributed by atoms with E-state index in [1.807, 2.05) is 12.1 Å². The summed E-state index contributed by atoms with van der Waals surface area (Å²) < 4.78 is 6.52. The molecule has 0 radical (unpaired) electrons. The molecule has 3 nitrogen and oxygen atoms in total. The fourth-order valence-corrected chi connectivity index (χ4v) is 2.90. The first kappa shape index (κ1) is 16.8. The Kier molecular flexibility index (Phi) is 7.15. The summed E-state index contributed by atoms with van der Waals surface area (Å²) in [6.07, 6.45) is 2.43. The summed E-state index contributed by atoms with van der Waals surface area (Å²) >= 11 is 3.52. The third kappa shape index (κ3) is 4.63. The number of ether oxygens (including phenoxy) is 1. The van der Waals surface area contributed by atoms with Gasteiger partial charge in [0.2, 0.25) is 0 Å². The zero-order chi connectivity index (χ0) is 13.0. The van der Waals surface area contributed by atoms with E-state index >= 15 is 0 Å². The molecule has 0 bridgehead atoms. The maximum Gasteiger partial charge on any atom is 0.123 e. The van der Waals surface area contributed by atoms with Crippen molar-refractivity contribution in [2.24, 2.45) is 11.7 Å². The minimum Gasteiger partial charge on any atom is -0.496 e. The minimum atomic E-state index is 0. The molecule has 0 amide bonds. The number of halogens is 2. The van der Waals surface area contributed by atoms with Crippen LogP contribution < -0.4 is 10.5 Å². The SMILES string of the molecule is COc1ccc(Br)cc1CN1CCC(CN)CC1.Cl. The number of hydrogen-bond acceptors (Lipinski definition) is 3. The highest BCUT2D eigenvalue weighted by atomic mass is 79.9. The van der Waals surface area contributed by atoms with Crippen molar-refractivity contribution in [3.8, 4) is 5.75 Å². The number of piperidine rings is 1. The maximum absolute atomic E-state index is 5.72. The summed E-state index contributed by atoms with van der Waals surface area (Å²) in [7, 11) is 1.73. The van der Waals surface area contributed by atoms with Crippen LogP contribution in [0.4, 0.5) is 0 Å². The first-order valence-electron chi connectivity index (χ1n) is 6.47. The largest absolute Gasteiger partial charge is 0.496 e. The van der Waals surface area contributed by atoms with E-state index in [1.54, 1.807) is 7.11 Å². The van der Waals surface area contributed by atoms with Gasteiger partial charge in [0.15, 0.2) is 0 Å². The van der Waals surface area contributed by atoms with Crippen molar-refractivity contribution in [2.75, 3.05) is 26.7 Å². The fourth-order valence-electron chi connectivity index (χ4n) is 2.49. The average molecular weight is 350 g/mol. The van der Waals surface area contributed by atoms with Gasteiger partial charge in [-0.15, -0.1) is 12.4 Å². The standard InChI is InChI=1S/C14H21BrN2O.ClH/c1-18-14-3-2-13(15)8-12(14)10-17-6-4-11(9-16)5-7-17;/h2-3,8,11H,4-7,9-10,16H2,1H3;1H. The van der Waals surface area contributed by atoms with E-state index in [0.717, 1.165) is 36.4 Å². The number of likely N-dealkylation sites (tertiary alicyclic amines) is 1. The highest BCUT2D eigenvalue weighted by molar-refractivity contribution is 9.10. The van der Waals surface area contributed by atoms with Crippen molar-refractivity contribution in [3.63, 3.8) is 0 Å². The highest BCUT2D eigenvalue weighted by Crippen LogP contribution is 2.26. The molecule has 0 saturated carbocycles. The molecule has 0 aliphatic carbocycles. The van der Waals surface area contributed by atoms with E-state index < -0.39 is 0 Å². The van der Waals surface area contributed by atoms with Crippen molar-refractivity contribution >= 4 is 28.3 Å². The van der Waals surface area contributed by atoms with Crippen molar-refractivity contribution in [1.29, 1.82) is 0 Å². The van der Waals surface area contributed by atoms with Crippen LogP contribution in [-0.4, -0.2) is 31.6 Å². The summed E-state index contributed by atoms with van der Waals surface area (Å²) in [5.74, 6) is 1.69. The molecule has 0 atom stereocenters. The number of nitrogens with zero attached hydrogens (tertiary/aromatic N) is 1. The number of hydrogen-bond donors (Lipinski definition) is 1. The van der Waals surface area contributed by atoms with Crippen molar-refractivity contribution < 1.29 is 4.74 Å². The van der Waals surface area contributed by atoms with Gasteiger partial charge in [-0.25, -0.2) is 0 Å². The van der Waals surface area contributed by atoms with Gasteiger partial charge in [0, 0.05) is 16.6 Å². The average Bonchev–Trinajstić information content (AvgIpc) is 2.40. The molecular formula is C14H22BrClN2O. The number of benzene rings is 1. The van der Waals surface area contributed by atoms with Gasteiger partial charge < -0.3 is 10.5 Å². The zero-order valence-electron chi connectivity index (χ0n) is 11.3. The Hall–Kier alpha value is -0.290. The Balaban J connectivity index is 0.00000180. The van der Waals surface area contributed by atoms with Gasteiger partial charge in [0.05, 0.1) is 7.11 Å². The molecule has 5 heteroatoms. The molecule has 1 fully saturated rings. The molecule has 2 N–H and O–H groups in total. The second-order valence-corrected chi connectivity index (χ2v) is 5.83. The van der Waals surface area contributed by atoms with E-state index in [0.29, 0.717) is 5.92 Å². The molecule has 0 aromatic heterocycles. The second-order valence-electron chi connectivity index (χ2n) is 4.91. The van der Waals surface area contributed by atoms with Crippen molar-refractivity contribution in [2.45, 2.75) is 19.4 Å². The van der Waals surface area contributed by atoms with E-state index in [1.165, 1.54) is 18.4 Å². The van der Waals surface area contributed by atoms with Gasteiger partial charge in [0.1, 0.15) is 5.75 Å². The van der Waals surface area contributed by atoms with E-state index in [4.69, 9.17) is 10.5 Å². The Bertz CT molecular complexity index is 395. The molecule has 19 heavy (non-hydrogen) atoms. The van der Waals surface area contributed by atoms with E-state index in [-0.39, 0.29) is 12.4 Å². The Morgan fingerprint density at radius 2 is 2.05 bits per heavy atom. The Labute approximate surface area is 130 Å². The molecule has 1 aliphatic rings. The quantitative estimate of drug-likeness (QED) is 0.908. The van der Waals surface area contributed by atoms with E-state index in [2.05, 4.69) is 26.9 Å². The lowest BCUT2D eigenvalue weighted by molar-refractivity contribution is 0.179. The molecule has 1 aliphatic heterocycles. The first-order chi connectivity index (χ1) is 8.72. The summed E-state index contributed by atoms with van der Waals surface area (Å²) in [5.41, 5.74) is 6.97. The Morgan fingerprint density at radius 1 is 1.37 bits per heavy atom. The summed E-state index contributed by atoms with van der Waals surface area (Å²) in [6.45, 7) is 4.06. The number of rotatable bonds is 4. The van der Waals surface area contributed by atoms with Crippen LogP contribution in [0.1, 0.15) is 18.4 Å². The van der Waals surface area contributed by atoms with Gasteiger partial charge in [0.25, 0.3) is 0 Å². The number of methoxy groups -OCH3 is 1. The molecule has 1 heterocycles. The summed E-state index contributed by atoms with van der Waals surface area (Å²) in [6, 6.07) is 6.18. The van der Waals surface area contributed by atoms with Crippen LogP contribution in [0.2, 0.25) is 0 Å². The van der Waals surface area contributed by atoms with Crippen LogP contribution >= 0.6 is 28.3 Å². The third-order valence-electron chi connectivity index (χ3n) is 3.68. The summed E-state index contributed by atoms with van der Waals surface area (Å²) in [4.78, 5) is 2.48. The predicted molar refractivity (Wildman–Crippen MR) is 85.0 cm³/mol. The molecule has 0 unspecified atom stereocenters. The third-order valence-corrected chi connectivity index (χ3v) is 4.17. The van der Waals surface area contributed by atoms with Crippen molar-refractivity contribution in [1.82, 2.24) is 4.90 Å². The predicted octanol–water partition coefficient (Wildman–Crippen LogP) is 3.05. The molecule has 2 rings (SSSR count). The van der Waals surface area contributed by atoms with Gasteiger partial charge in [-0.2, -0.15) is 0 Å². The fraction of sp³-hybridized carbons (Fsp3) is 0.571. The Morgan fingerprint density at radius 3 is 2.63 bits per heavy atom. The van der Waals surface area contributed by atoms with Crippen LogP contribution in [0.5, 0.6) is 5.75 Å². The smallest absolute Gasteiger partial charge is 0.123 e. The van der Waals surface area contributed by atoms with Crippen LogP contribution in [0.3, 0.4) is 0 Å². The molecule has 1 saturated heterocycles. The highest BCUT2D eigenvalue weighted by Gasteiger charge is 2.19. The first-order valence-corrected chi connectivity index (χ1v) is 7.27. The normalized spacial score (nSPS) is 17.0. The number of nitrogens with two attached hydrogens (primary N) is 1. The topological polar surface area (TPSA) is 38.5 Å². The van der Waals surface area contributed by atoms with Crippen LogP contribution in [0.25, 0.3) is 0 Å². The van der Waals surface area contributed by atoms with E-state index in [9.17, 15) is 0 Å². The molecule has 1 aromatic carbocycles.